The number of hydrogen-bond acceptors (Lipinski definition) is 3. The highest BCUT2D eigenvalue weighted by Crippen LogP contribution is 2.42. The molecular weight excluding hydrogens is 354 g/mol. The fourth-order valence-corrected chi connectivity index (χ4v) is 3.04. The summed E-state index contributed by atoms with van der Waals surface area (Å²) in [5.74, 6) is 1.60. The van der Waals surface area contributed by atoms with Crippen LogP contribution < -0.4 is 15.2 Å². The Kier molecular flexibility index (Phi) is 4.11. The first kappa shape index (κ1) is 14.7. The van der Waals surface area contributed by atoms with Crippen molar-refractivity contribution in [3.8, 4) is 11.5 Å². The minimum absolute atomic E-state index is 0.0746. The van der Waals surface area contributed by atoms with Gasteiger partial charge in [-0.1, -0.05) is 17.7 Å². The van der Waals surface area contributed by atoms with Crippen LogP contribution in [0.1, 0.15) is 29.7 Å². The molecule has 2 atom stereocenters. The molecular formula is C16H15BrClNO2. The molecule has 1 unspecified atom stereocenters. The standard InChI is InChI=1S/C16H15BrClNO2/c1-20-10-3-5-15-11(7-10)14(19)8-16(21-15)9-2-4-13(18)12(17)6-9/h2-7,14,16H,8,19H2,1H3/t14-,16?/m1/s1. The second-order valence-corrected chi connectivity index (χ2v) is 6.29. The number of benzene rings is 2. The molecule has 0 aliphatic carbocycles. The Morgan fingerprint density at radius 3 is 2.81 bits per heavy atom. The van der Waals surface area contributed by atoms with Gasteiger partial charge in [-0.15, -0.1) is 0 Å². The van der Waals surface area contributed by atoms with E-state index in [0.717, 1.165) is 27.1 Å². The lowest BCUT2D eigenvalue weighted by Crippen LogP contribution is -2.24. The molecule has 2 aromatic carbocycles. The van der Waals surface area contributed by atoms with Gasteiger partial charge >= 0.3 is 0 Å². The molecule has 2 N–H and O–H groups in total. The van der Waals surface area contributed by atoms with Crippen molar-refractivity contribution < 1.29 is 9.47 Å². The maximum absolute atomic E-state index is 6.29. The highest BCUT2D eigenvalue weighted by atomic mass is 79.9. The van der Waals surface area contributed by atoms with E-state index in [-0.39, 0.29) is 12.1 Å². The largest absolute Gasteiger partial charge is 0.497 e. The van der Waals surface area contributed by atoms with E-state index in [9.17, 15) is 0 Å². The Balaban J connectivity index is 1.92. The number of halogens is 2. The van der Waals surface area contributed by atoms with Crippen LogP contribution in [0.3, 0.4) is 0 Å². The minimum Gasteiger partial charge on any atom is -0.497 e. The fraction of sp³-hybridized carbons (Fsp3) is 0.250. The van der Waals surface area contributed by atoms with Crippen LogP contribution in [0.5, 0.6) is 11.5 Å². The number of nitrogens with two attached hydrogens (primary N) is 1. The first-order chi connectivity index (χ1) is 10.1. The molecule has 0 saturated heterocycles. The summed E-state index contributed by atoms with van der Waals surface area (Å²) in [6.45, 7) is 0. The topological polar surface area (TPSA) is 44.5 Å². The third kappa shape index (κ3) is 2.89. The van der Waals surface area contributed by atoms with E-state index in [1.54, 1.807) is 7.11 Å². The fourth-order valence-electron chi connectivity index (χ4n) is 2.53. The third-order valence-electron chi connectivity index (χ3n) is 3.67. The summed E-state index contributed by atoms with van der Waals surface area (Å²) in [5, 5.41) is 0.684. The van der Waals surface area contributed by atoms with Crippen molar-refractivity contribution in [1.82, 2.24) is 0 Å². The summed E-state index contributed by atoms with van der Waals surface area (Å²) in [6.07, 6.45) is 0.642. The first-order valence-electron chi connectivity index (χ1n) is 6.63. The Morgan fingerprint density at radius 1 is 1.29 bits per heavy atom. The van der Waals surface area contributed by atoms with Gasteiger partial charge in [0.1, 0.15) is 17.6 Å². The quantitative estimate of drug-likeness (QED) is 0.840. The molecule has 0 radical (unpaired) electrons. The summed E-state index contributed by atoms with van der Waals surface area (Å²) in [4.78, 5) is 0. The predicted octanol–water partition coefficient (Wildman–Crippen LogP) is 4.63. The van der Waals surface area contributed by atoms with Crippen LogP contribution in [0.15, 0.2) is 40.9 Å². The van der Waals surface area contributed by atoms with Crippen LogP contribution in [-0.2, 0) is 0 Å². The van der Waals surface area contributed by atoms with Crippen molar-refractivity contribution in [3.05, 3.63) is 57.0 Å². The lowest BCUT2D eigenvalue weighted by Gasteiger charge is -2.31. The van der Waals surface area contributed by atoms with Gasteiger partial charge in [-0.25, -0.2) is 0 Å². The van der Waals surface area contributed by atoms with E-state index in [1.165, 1.54) is 0 Å². The maximum Gasteiger partial charge on any atom is 0.126 e. The Hall–Kier alpha value is -1.23. The number of fused-ring (bicyclic) bond motifs is 1. The zero-order valence-electron chi connectivity index (χ0n) is 11.5. The highest BCUT2D eigenvalue weighted by molar-refractivity contribution is 9.10. The molecule has 0 spiro atoms. The Labute approximate surface area is 137 Å². The molecule has 0 amide bonds. The number of methoxy groups -OCH3 is 1. The van der Waals surface area contributed by atoms with E-state index in [1.807, 2.05) is 36.4 Å². The van der Waals surface area contributed by atoms with Gasteiger partial charge in [0.15, 0.2) is 0 Å². The van der Waals surface area contributed by atoms with Gasteiger partial charge in [0.2, 0.25) is 0 Å². The lowest BCUT2D eigenvalue weighted by atomic mass is 9.93. The monoisotopic (exact) mass is 367 g/mol. The lowest BCUT2D eigenvalue weighted by molar-refractivity contribution is 0.161. The molecule has 2 aromatic rings. The van der Waals surface area contributed by atoms with Gasteiger partial charge in [0.25, 0.3) is 0 Å². The molecule has 0 saturated carbocycles. The summed E-state index contributed by atoms with van der Waals surface area (Å²) in [7, 11) is 1.64. The van der Waals surface area contributed by atoms with Crippen molar-refractivity contribution in [1.29, 1.82) is 0 Å². The average molecular weight is 369 g/mol. The smallest absolute Gasteiger partial charge is 0.126 e. The highest BCUT2D eigenvalue weighted by Gasteiger charge is 2.27. The average Bonchev–Trinajstić information content (AvgIpc) is 2.49. The number of ether oxygens (including phenoxy) is 2. The maximum atomic E-state index is 6.29. The zero-order chi connectivity index (χ0) is 15.0. The van der Waals surface area contributed by atoms with Gasteiger partial charge in [-0.05, 0) is 51.8 Å². The molecule has 21 heavy (non-hydrogen) atoms. The molecule has 1 aliphatic rings. The molecule has 3 nitrogen and oxygen atoms in total. The first-order valence-corrected chi connectivity index (χ1v) is 7.80. The van der Waals surface area contributed by atoms with Crippen LogP contribution in [-0.4, -0.2) is 7.11 Å². The Morgan fingerprint density at radius 2 is 2.10 bits per heavy atom. The SMILES string of the molecule is COc1ccc2c(c1)[C@H](N)CC(c1ccc(Cl)c(Br)c1)O2. The second kappa shape index (κ2) is 5.87. The summed E-state index contributed by atoms with van der Waals surface area (Å²) in [5.41, 5.74) is 8.34. The predicted molar refractivity (Wildman–Crippen MR) is 87.1 cm³/mol. The van der Waals surface area contributed by atoms with Crippen LogP contribution in [0, 0.1) is 0 Å². The minimum atomic E-state index is -0.0803. The second-order valence-electron chi connectivity index (χ2n) is 5.03. The van der Waals surface area contributed by atoms with Crippen molar-refractivity contribution in [2.75, 3.05) is 7.11 Å². The third-order valence-corrected chi connectivity index (χ3v) is 4.88. The van der Waals surface area contributed by atoms with E-state index in [4.69, 9.17) is 26.8 Å². The molecule has 110 valence electrons. The van der Waals surface area contributed by atoms with Crippen molar-refractivity contribution in [2.45, 2.75) is 18.6 Å². The van der Waals surface area contributed by atoms with Crippen LogP contribution >= 0.6 is 27.5 Å². The molecule has 3 rings (SSSR count). The Bertz CT molecular complexity index is 677. The van der Waals surface area contributed by atoms with E-state index in [0.29, 0.717) is 11.4 Å². The normalized spacial score (nSPS) is 20.6. The van der Waals surface area contributed by atoms with Gasteiger partial charge in [-0.2, -0.15) is 0 Å². The summed E-state index contributed by atoms with van der Waals surface area (Å²) >= 11 is 9.48. The van der Waals surface area contributed by atoms with Gasteiger partial charge in [0.05, 0.1) is 12.1 Å². The zero-order valence-corrected chi connectivity index (χ0v) is 13.8. The van der Waals surface area contributed by atoms with Crippen molar-refractivity contribution >= 4 is 27.5 Å². The molecule has 0 fully saturated rings. The van der Waals surface area contributed by atoms with E-state index in [2.05, 4.69) is 15.9 Å². The molecule has 5 heteroatoms. The molecule has 0 bridgehead atoms. The van der Waals surface area contributed by atoms with Crippen molar-refractivity contribution in [3.63, 3.8) is 0 Å². The van der Waals surface area contributed by atoms with E-state index < -0.39 is 0 Å². The van der Waals surface area contributed by atoms with Crippen LogP contribution in [0.4, 0.5) is 0 Å². The van der Waals surface area contributed by atoms with Gasteiger partial charge in [0, 0.05) is 22.5 Å². The number of rotatable bonds is 2. The van der Waals surface area contributed by atoms with E-state index >= 15 is 0 Å². The van der Waals surface area contributed by atoms with Crippen LogP contribution in [0.25, 0.3) is 0 Å². The summed E-state index contributed by atoms with van der Waals surface area (Å²) in [6, 6.07) is 11.5. The van der Waals surface area contributed by atoms with Crippen LogP contribution in [0.2, 0.25) is 5.02 Å². The number of hydrogen-bond donors (Lipinski definition) is 1. The molecule has 1 aliphatic heterocycles. The van der Waals surface area contributed by atoms with Crippen molar-refractivity contribution in [2.24, 2.45) is 5.73 Å². The van der Waals surface area contributed by atoms with Gasteiger partial charge < -0.3 is 15.2 Å². The molecule has 1 heterocycles. The molecule has 0 aromatic heterocycles. The van der Waals surface area contributed by atoms with Gasteiger partial charge in [-0.3, -0.25) is 0 Å². The summed E-state index contributed by atoms with van der Waals surface area (Å²) < 4.78 is 12.2.